The lowest BCUT2D eigenvalue weighted by Gasteiger charge is -2.08. The highest BCUT2D eigenvalue weighted by Crippen LogP contribution is 2.17. The van der Waals surface area contributed by atoms with Gasteiger partial charge in [-0.2, -0.15) is 0 Å². The summed E-state index contributed by atoms with van der Waals surface area (Å²) in [6.45, 7) is 1.72. The Kier molecular flexibility index (Phi) is 6.81. The van der Waals surface area contributed by atoms with Crippen molar-refractivity contribution in [3.05, 3.63) is 58.3 Å². The number of anilines is 2. The Morgan fingerprint density at radius 2 is 1.79 bits per heavy atom. The number of halogens is 2. The van der Waals surface area contributed by atoms with Crippen molar-refractivity contribution in [3.8, 4) is 0 Å². The predicted octanol–water partition coefficient (Wildman–Crippen LogP) is 4.21. The van der Waals surface area contributed by atoms with Gasteiger partial charge in [-0.25, -0.2) is 4.39 Å². The monoisotopic (exact) mass is 410 g/mol. The molecule has 0 aliphatic rings. The average Bonchev–Trinajstić information content (AvgIpc) is 2.50. The van der Waals surface area contributed by atoms with Crippen LogP contribution in [0, 0.1) is 12.7 Å². The van der Waals surface area contributed by atoms with Crippen molar-refractivity contribution in [3.63, 3.8) is 0 Å². The van der Waals surface area contributed by atoms with Gasteiger partial charge in [0, 0.05) is 15.8 Å². The molecule has 24 heavy (non-hydrogen) atoms. The molecule has 126 valence electrons. The Morgan fingerprint density at radius 3 is 2.46 bits per heavy atom. The number of hydrogen-bond donors (Lipinski definition) is 2. The summed E-state index contributed by atoms with van der Waals surface area (Å²) in [5.41, 5.74) is 1.92. The van der Waals surface area contributed by atoms with Crippen molar-refractivity contribution < 1.29 is 14.0 Å². The molecule has 0 aliphatic carbocycles. The van der Waals surface area contributed by atoms with Gasteiger partial charge in [-0.05, 0) is 48.9 Å². The average molecular weight is 411 g/mol. The van der Waals surface area contributed by atoms with Gasteiger partial charge in [0.05, 0.1) is 11.5 Å². The number of nitrogens with one attached hydrogen (secondary N) is 2. The Labute approximate surface area is 152 Å². The summed E-state index contributed by atoms with van der Waals surface area (Å²) in [6.07, 6.45) is 0. The quantitative estimate of drug-likeness (QED) is 0.749. The van der Waals surface area contributed by atoms with E-state index in [1.54, 1.807) is 19.1 Å². The molecular formula is C17H16BrFN2O2S. The predicted molar refractivity (Wildman–Crippen MR) is 99.9 cm³/mol. The lowest BCUT2D eigenvalue weighted by Crippen LogP contribution is -2.18. The number of benzene rings is 2. The van der Waals surface area contributed by atoms with Crippen LogP contribution in [-0.2, 0) is 9.59 Å². The van der Waals surface area contributed by atoms with E-state index in [-0.39, 0.29) is 29.1 Å². The van der Waals surface area contributed by atoms with Crippen LogP contribution < -0.4 is 10.6 Å². The van der Waals surface area contributed by atoms with Crippen molar-refractivity contribution >= 4 is 50.9 Å². The van der Waals surface area contributed by atoms with E-state index in [0.717, 1.165) is 4.47 Å². The van der Waals surface area contributed by atoms with Crippen LogP contribution in [-0.4, -0.2) is 23.3 Å². The molecule has 0 aliphatic heterocycles. The van der Waals surface area contributed by atoms with Gasteiger partial charge in [0.15, 0.2) is 0 Å². The van der Waals surface area contributed by atoms with Crippen LogP contribution in [0.2, 0.25) is 0 Å². The molecule has 0 saturated carbocycles. The Bertz CT molecular complexity index is 755. The number of thioether (sulfide) groups is 1. The molecule has 2 aromatic carbocycles. The van der Waals surface area contributed by atoms with E-state index in [0.29, 0.717) is 16.9 Å². The molecule has 2 aromatic rings. The Balaban J connectivity index is 1.75. The molecule has 0 heterocycles. The van der Waals surface area contributed by atoms with E-state index in [4.69, 9.17) is 0 Å². The van der Waals surface area contributed by atoms with E-state index in [2.05, 4.69) is 26.6 Å². The standard InChI is InChI=1S/C17H16BrFN2O2S/c1-11-7-13(19)5-6-15(11)21-17(23)10-24-9-16(22)20-14-4-2-3-12(18)8-14/h2-8H,9-10H2,1H3,(H,20,22)(H,21,23). The van der Waals surface area contributed by atoms with Gasteiger partial charge in [-0.1, -0.05) is 22.0 Å². The number of carbonyl (C=O) groups is 2. The van der Waals surface area contributed by atoms with Gasteiger partial charge in [-0.3, -0.25) is 9.59 Å². The van der Waals surface area contributed by atoms with Crippen LogP contribution >= 0.6 is 27.7 Å². The summed E-state index contributed by atoms with van der Waals surface area (Å²) in [5.74, 6) is -0.441. The van der Waals surface area contributed by atoms with Gasteiger partial charge in [0.1, 0.15) is 5.82 Å². The second kappa shape index (κ2) is 8.84. The molecule has 2 amide bonds. The Hall–Kier alpha value is -1.86. The maximum atomic E-state index is 13.0. The summed E-state index contributed by atoms with van der Waals surface area (Å²) in [4.78, 5) is 23.7. The normalized spacial score (nSPS) is 10.3. The number of aryl methyl sites for hydroxylation is 1. The summed E-state index contributed by atoms with van der Waals surface area (Å²) in [5, 5.41) is 5.46. The second-order valence-corrected chi connectivity index (χ2v) is 6.96. The molecule has 0 fully saturated rings. The van der Waals surface area contributed by atoms with Crippen LogP contribution in [0.3, 0.4) is 0 Å². The third-order valence-corrected chi connectivity index (χ3v) is 4.46. The zero-order chi connectivity index (χ0) is 17.5. The second-order valence-electron chi connectivity index (χ2n) is 5.06. The molecule has 7 heteroatoms. The largest absolute Gasteiger partial charge is 0.325 e. The molecular weight excluding hydrogens is 395 g/mol. The van der Waals surface area contributed by atoms with Gasteiger partial charge in [-0.15, -0.1) is 11.8 Å². The number of rotatable bonds is 6. The molecule has 0 saturated heterocycles. The van der Waals surface area contributed by atoms with E-state index in [9.17, 15) is 14.0 Å². The minimum Gasteiger partial charge on any atom is -0.325 e. The first-order chi connectivity index (χ1) is 11.4. The summed E-state index contributed by atoms with van der Waals surface area (Å²) >= 11 is 4.54. The molecule has 0 unspecified atom stereocenters. The molecule has 0 bridgehead atoms. The Morgan fingerprint density at radius 1 is 1.08 bits per heavy atom. The zero-order valence-electron chi connectivity index (χ0n) is 12.9. The van der Waals surface area contributed by atoms with Crippen molar-refractivity contribution in [1.29, 1.82) is 0 Å². The van der Waals surface area contributed by atoms with Crippen LogP contribution in [0.1, 0.15) is 5.56 Å². The first kappa shape index (κ1) is 18.5. The molecule has 4 nitrogen and oxygen atoms in total. The molecule has 2 rings (SSSR count). The number of carbonyl (C=O) groups excluding carboxylic acids is 2. The topological polar surface area (TPSA) is 58.2 Å². The van der Waals surface area contributed by atoms with Crippen LogP contribution in [0.5, 0.6) is 0 Å². The maximum Gasteiger partial charge on any atom is 0.234 e. The summed E-state index contributed by atoms with van der Waals surface area (Å²) < 4.78 is 13.9. The SMILES string of the molecule is Cc1cc(F)ccc1NC(=O)CSCC(=O)Nc1cccc(Br)c1. The van der Waals surface area contributed by atoms with Gasteiger partial charge in [0.2, 0.25) is 11.8 Å². The third kappa shape index (κ3) is 5.98. The first-order valence-corrected chi connectivity index (χ1v) is 9.08. The first-order valence-electron chi connectivity index (χ1n) is 7.13. The highest BCUT2D eigenvalue weighted by Gasteiger charge is 2.08. The summed E-state index contributed by atoms with van der Waals surface area (Å²) in [7, 11) is 0. The van der Waals surface area contributed by atoms with Gasteiger partial charge < -0.3 is 10.6 Å². The van der Waals surface area contributed by atoms with E-state index in [1.165, 1.54) is 30.0 Å². The van der Waals surface area contributed by atoms with E-state index < -0.39 is 0 Å². The highest BCUT2D eigenvalue weighted by atomic mass is 79.9. The third-order valence-electron chi connectivity index (χ3n) is 3.04. The highest BCUT2D eigenvalue weighted by molar-refractivity contribution is 9.10. The lowest BCUT2D eigenvalue weighted by molar-refractivity contribution is -0.114. The van der Waals surface area contributed by atoms with Crippen LogP contribution in [0.15, 0.2) is 46.9 Å². The minimum absolute atomic E-state index is 0.142. The molecule has 0 aromatic heterocycles. The van der Waals surface area contributed by atoms with Gasteiger partial charge >= 0.3 is 0 Å². The van der Waals surface area contributed by atoms with Crippen LogP contribution in [0.4, 0.5) is 15.8 Å². The van der Waals surface area contributed by atoms with Crippen molar-refractivity contribution in [2.24, 2.45) is 0 Å². The molecule has 0 spiro atoms. The van der Waals surface area contributed by atoms with E-state index in [1.807, 2.05) is 12.1 Å². The number of hydrogen-bond acceptors (Lipinski definition) is 3. The fraction of sp³-hybridized carbons (Fsp3) is 0.176. The van der Waals surface area contributed by atoms with E-state index >= 15 is 0 Å². The smallest absolute Gasteiger partial charge is 0.234 e. The maximum absolute atomic E-state index is 13.0. The van der Waals surface area contributed by atoms with Crippen LogP contribution in [0.25, 0.3) is 0 Å². The van der Waals surface area contributed by atoms with Crippen molar-refractivity contribution in [1.82, 2.24) is 0 Å². The molecule has 0 radical (unpaired) electrons. The van der Waals surface area contributed by atoms with Gasteiger partial charge in [0.25, 0.3) is 0 Å². The fourth-order valence-electron chi connectivity index (χ4n) is 1.95. The molecule has 2 N–H and O–H groups in total. The molecule has 0 atom stereocenters. The zero-order valence-corrected chi connectivity index (χ0v) is 15.3. The lowest BCUT2D eigenvalue weighted by atomic mass is 10.2. The summed E-state index contributed by atoms with van der Waals surface area (Å²) in [6, 6.07) is 11.4. The van der Waals surface area contributed by atoms with Crippen molar-refractivity contribution in [2.75, 3.05) is 22.1 Å². The minimum atomic E-state index is -0.343. The fourth-order valence-corrected chi connectivity index (χ4v) is 2.97. The number of amides is 2. The van der Waals surface area contributed by atoms with Crippen molar-refractivity contribution in [2.45, 2.75) is 6.92 Å².